The van der Waals surface area contributed by atoms with E-state index in [0.29, 0.717) is 43.4 Å². The number of nitrogens with zero attached hydrogens (tertiary/aromatic N) is 2. The van der Waals surface area contributed by atoms with Crippen molar-refractivity contribution >= 4 is 35.6 Å². The summed E-state index contributed by atoms with van der Waals surface area (Å²) >= 11 is 0. The average Bonchev–Trinajstić information content (AvgIpc) is 3.58. The Kier molecular flexibility index (Phi) is 12.1. The van der Waals surface area contributed by atoms with Crippen molar-refractivity contribution in [1.82, 2.24) is 25.8 Å². The van der Waals surface area contributed by atoms with Gasteiger partial charge in [0, 0.05) is 6.54 Å². The van der Waals surface area contributed by atoms with Crippen molar-refractivity contribution in [3.8, 4) is 0 Å². The second kappa shape index (κ2) is 15.4. The van der Waals surface area contributed by atoms with Gasteiger partial charge < -0.3 is 26.0 Å². The highest BCUT2D eigenvalue weighted by molar-refractivity contribution is 6.21. The molecule has 0 aliphatic carbocycles. The Labute approximate surface area is 265 Å². The van der Waals surface area contributed by atoms with Crippen molar-refractivity contribution in [2.45, 2.75) is 110 Å². The summed E-state index contributed by atoms with van der Waals surface area (Å²) in [4.78, 5) is 80.0. The number of carboxylic acids is 1. The van der Waals surface area contributed by atoms with Gasteiger partial charge in [-0.25, -0.2) is 9.59 Å². The smallest absolute Gasteiger partial charge is 0.329 e. The van der Waals surface area contributed by atoms with Crippen molar-refractivity contribution in [2.24, 2.45) is 5.41 Å². The average molecular weight is 628 g/mol. The first-order valence-corrected chi connectivity index (χ1v) is 16.1. The van der Waals surface area contributed by atoms with Gasteiger partial charge in [-0.15, -0.1) is 0 Å². The molecule has 45 heavy (non-hydrogen) atoms. The zero-order chi connectivity index (χ0) is 33.4. The number of urea groups is 1. The fraction of sp³-hybridized carbons (Fsp3) is 0.636. The predicted octanol–water partition coefficient (Wildman–Crippen LogP) is 3.70. The molecule has 3 rings (SSSR count). The number of nitrogens with one attached hydrogen (secondary N) is 3. The maximum absolute atomic E-state index is 13.3. The number of aliphatic carboxylic acids is 1. The molecule has 6 amide bonds. The Balaban J connectivity index is 1.58. The highest BCUT2D eigenvalue weighted by Gasteiger charge is 2.43. The third-order valence-electron chi connectivity index (χ3n) is 8.95. The number of hydrogen-bond donors (Lipinski definition) is 4. The standard InChI is InChI=1S/C33H49N5O7/c1-6-8-9-10-13-18-33(7-2,30(43)44)36-27(40)24-17-14-19-37(24)26(39)20-34-31(45)35-25(32(3,4)5)21-38-28(41)22-15-11-12-16-23(22)29(38)42/h11-12,15-16,24-25H,6-10,13-14,17-21H2,1-5H3,(H,36,40)(H,43,44)(H2,34,35,45)/t24-,25?,33+/m0/s1. The van der Waals surface area contributed by atoms with Crippen LogP contribution >= 0.6 is 0 Å². The van der Waals surface area contributed by atoms with E-state index in [1.807, 2.05) is 20.8 Å². The highest BCUT2D eigenvalue weighted by atomic mass is 16.4. The van der Waals surface area contributed by atoms with Gasteiger partial charge in [0.2, 0.25) is 11.8 Å². The van der Waals surface area contributed by atoms with Gasteiger partial charge in [0.1, 0.15) is 11.6 Å². The lowest BCUT2D eigenvalue weighted by Gasteiger charge is -2.34. The van der Waals surface area contributed by atoms with E-state index in [-0.39, 0.29) is 19.5 Å². The normalized spacial score (nSPS) is 18.3. The molecular weight excluding hydrogens is 578 g/mol. The first-order valence-electron chi connectivity index (χ1n) is 16.1. The summed E-state index contributed by atoms with van der Waals surface area (Å²) in [7, 11) is 0. The minimum absolute atomic E-state index is 0.0487. The van der Waals surface area contributed by atoms with Crippen LogP contribution in [-0.4, -0.2) is 87.8 Å². The summed E-state index contributed by atoms with van der Waals surface area (Å²) in [6.45, 7) is 9.33. The van der Waals surface area contributed by atoms with Gasteiger partial charge in [-0.3, -0.25) is 24.1 Å². The SMILES string of the molecule is CCCCCCC[C@@](CC)(NC(=O)[C@@H]1CCCN1C(=O)CNC(=O)NC(CN1C(=O)c2ccccc2C1=O)C(C)(C)C)C(=O)O. The van der Waals surface area contributed by atoms with E-state index >= 15 is 0 Å². The van der Waals surface area contributed by atoms with Gasteiger partial charge in [-0.1, -0.05) is 78.9 Å². The molecule has 2 heterocycles. The van der Waals surface area contributed by atoms with E-state index < -0.39 is 58.7 Å². The number of carbonyl (C=O) groups is 6. The fourth-order valence-corrected chi connectivity index (χ4v) is 5.92. The van der Waals surface area contributed by atoms with Crippen molar-refractivity contribution < 1.29 is 33.9 Å². The Bertz CT molecular complexity index is 1240. The Morgan fingerprint density at radius 3 is 2.16 bits per heavy atom. The molecule has 1 unspecified atom stereocenters. The van der Waals surface area contributed by atoms with Crippen molar-refractivity contribution in [3.05, 3.63) is 35.4 Å². The van der Waals surface area contributed by atoms with Crippen LogP contribution in [0.25, 0.3) is 0 Å². The molecule has 1 fully saturated rings. The van der Waals surface area contributed by atoms with Gasteiger partial charge in [0.15, 0.2) is 0 Å². The van der Waals surface area contributed by atoms with Crippen molar-refractivity contribution in [2.75, 3.05) is 19.6 Å². The minimum atomic E-state index is -1.40. The molecule has 0 aromatic heterocycles. The monoisotopic (exact) mass is 627 g/mol. The van der Waals surface area contributed by atoms with E-state index in [1.165, 1.54) is 4.90 Å². The molecule has 1 aromatic carbocycles. The van der Waals surface area contributed by atoms with Crippen LogP contribution in [-0.2, 0) is 14.4 Å². The minimum Gasteiger partial charge on any atom is -0.480 e. The Morgan fingerprint density at radius 1 is 0.978 bits per heavy atom. The van der Waals surface area contributed by atoms with Crippen LogP contribution in [0.3, 0.4) is 0 Å². The molecule has 248 valence electrons. The summed E-state index contributed by atoms with van der Waals surface area (Å²) in [5.41, 5.74) is -1.30. The zero-order valence-electron chi connectivity index (χ0n) is 27.2. The molecule has 1 saturated heterocycles. The van der Waals surface area contributed by atoms with Crippen LogP contribution in [0.4, 0.5) is 4.79 Å². The molecule has 12 heteroatoms. The topological polar surface area (TPSA) is 165 Å². The van der Waals surface area contributed by atoms with Gasteiger partial charge in [0.05, 0.1) is 30.3 Å². The number of hydrogen-bond acceptors (Lipinski definition) is 6. The number of unbranched alkanes of at least 4 members (excludes halogenated alkanes) is 4. The number of imide groups is 1. The van der Waals surface area contributed by atoms with Crippen LogP contribution in [0.5, 0.6) is 0 Å². The number of amides is 6. The summed E-state index contributed by atoms with van der Waals surface area (Å²) in [5, 5.41) is 18.2. The largest absolute Gasteiger partial charge is 0.480 e. The molecule has 4 N–H and O–H groups in total. The lowest BCUT2D eigenvalue weighted by atomic mass is 9.86. The lowest BCUT2D eigenvalue weighted by molar-refractivity contribution is -0.149. The van der Waals surface area contributed by atoms with Crippen LogP contribution in [0, 0.1) is 5.41 Å². The molecule has 0 bridgehead atoms. The maximum atomic E-state index is 13.3. The lowest BCUT2D eigenvalue weighted by Crippen LogP contribution is -2.59. The molecule has 0 saturated carbocycles. The molecule has 0 spiro atoms. The van der Waals surface area contributed by atoms with Crippen LogP contribution in [0.1, 0.15) is 113 Å². The molecule has 3 atom stereocenters. The van der Waals surface area contributed by atoms with E-state index in [1.54, 1.807) is 31.2 Å². The van der Waals surface area contributed by atoms with Crippen molar-refractivity contribution in [3.63, 3.8) is 0 Å². The van der Waals surface area contributed by atoms with Gasteiger partial charge >= 0.3 is 12.0 Å². The second-order valence-corrected chi connectivity index (χ2v) is 13.2. The number of likely N-dealkylation sites (tertiary alicyclic amines) is 1. The van der Waals surface area contributed by atoms with Crippen molar-refractivity contribution in [1.29, 1.82) is 0 Å². The van der Waals surface area contributed by atoms with E-state index in [4.69, 9.17) is 0 Å². The molecule has 0 radical (unpaired) electrons. The highest BCUT2D eigenvalue weighted by Crippen LogP contribution is 2.27. The molecular formula is C33H49N5O7. The maximum Gasteiger partial charge on any atom is 0.329 e. The number of carboxylic acid groups (broad SMARTS) is 1. The van der Waals surface area contributed by atoms with E-state index in [9.17, 15) is 33.9 Å². The third kappa shape index (κ3) is 8.61. The number of carbonyl (C=O) groups excluding carboxylic acids is 5. The first kappa shape index (κ1) is 35.5. The Hall–Kier alpha value is -3.96. The number of fused-ring (bicyclic) bond motifs is 1. The predicted molar refractivity (Wildman–Crippen MR) is 168 cm³/mol. The molecule has 2 aliphatic rings. The number of benzene rings is 1. The molecule has 1 aromatic rings. The van der Waals surface area contributed by atoms with Crippen LogP contribution < -0.4 is 16.0 Å². The quantitative estimate of drug-likeness (QED) is 0.170. The van der Waals surface area contributed by atoms with Gasteiger partial charge in [-0.05, 0) is 43.2 Å². The van der Waals surface area contributed by atoms with E-state index in [0.717, 1.165) is 30.6 Å². The van der Waals surface area contributed by atoms with E-state index in [2.05, 4.69) is 22.9 Å². The van der Waals surface area contributed by atoms with Crippen LogP contribution in [0.15, 0.2) is 24.3 Å². The first-order chi connectivity index (χ1) is 21.3. The second-order valence-electron chi connectivity index (χ2n) is 13.2. The molecule has 2 aliphatic heterocycles. The van der Waals surface area contributed by atoms with Gasteiger partial charge in [-0.2, -0.15) is 0 Å². The molecule has 12 nitrogen and oxygen atoms in total. The fourth-order valence-electron chi connectivity index (χ4n) is 5.92. The summed E-state index contributed by atoms with van der Waals surface area (Å²) in [5.74, 6) is -2.90. The van der Waals surface area contributed by atoms with Crippen LogP contribution in [0.2, 0.25) is 0 Å². The summed E-state index contributed by atoms with van der Waals surface area (Å²) < 4.78 is 0. The zero-order valence-corrected chi connectivity index (χ0v) is 27.2. The number of rotatable bonds is 15. The van der Waals surface area contributed by atoms with Gasteiger partial charge in [0.25, 0.3) is 11.8 Å². The Morgan fingerprint density at radius 2 is 1.60 bits per heavy atom. The summed E-state index contributed by atoms with van der Waals surface area (Å²) in [6, 6.07) is 4.46. The summed E-state index contributed by atoms with van der Waals surface area (Å²) in [6.07, 6.45) is 6.22. The third-order valence-corrected chi connectivity index (χ3v) is 8.95.